The van der Waals surface area contributed by atoms with Gasteiger partial charge in [0.2, 0.25) is 0 Å². The van der Waals surface area contributed by atoms with Crippen molar-refractivity contribution in [1.82, 2.24) is 10.6 Å². The van der Waals surface area contributed by atoms with Gasteiger partial charge in [0.1, 0.15) is 5.84 Å². The van der Waals surface area contributed by atoms with Crippen LogP contribution < -0.4 is 26.2 Å². The SMILES string of the molecule is Cc1ccc(N2CCNCC2)cc1C.Cc1cccc(N2CCNCC2)c1C.NC1=NN=C(c2ccccc2)C1. The molecular weight excluding hydrogens is 494 g/mol. The van der Waals surface area contributed by atoms with Gasteiger partial charge >= 0.3 is 0 Å². The number of piperazine rings is 2. The Balaban J connectivity index is 0.000000139. The first kappa shape index (κ1) is 29.3. The maximum atomic E-state index is 5.50. The zero-order valence-electron chi connectivity index (χ0n) is 24.6. The molecular formula is C33H45N7. The summed E-state index contributed by atoms with van der Waals surface area (Å²) >= 11 is 0. The Labute approximate surface area is 240 Å². The first-order valence-corrected chi connectivity index (χ1v) is 14.4. The maximum absolute atomic E-state index is 5.50. The Bertz CT molecular complexity index is 1290. The van der Waals surface area contributed by atoms with E-state index in [1.807, 2.05) is 30.3 Å². The summed E-state index contributed by atoms with van der Waals surface area (Å²) < 4.78 is 0. The highest BCUT2D eigenvalue weighted by molar-refractivity contribution is 6.13. The van der Waals surface area contributed by atoms with Crippen LogP contribution in [0, 0.1) is 27.7 Å². The Kier molecular flexibility index (Phi) is 10.7. The molecule has 0 bridgehead atoms. The van der Waals surface area contributed by atoms with Crippen LogP contribution in [0.25, 0.3) is 0 Å². The Morgan fingerprint density at radius 2 is 1.30 bits per heavy atom. The van der Waals surface area contributed by atoms with Crippen molar-refractivity contribution >= 4 is 22.9 Å². The van der Waals surface area contributed by atoms with Crippen LogP contribution in [0.3, 0.4) is 0 Å². The fourth-order valence-corrected chi connectivity index (χ4v) is 4.99. The van der Waals surface area contributed by atoms with Gasteiger partial charge in [0, 0.05) is 63.7 Å². The van der Waals surface area contributed by atoms with Gasteiger partial charge in [0.15, 0.2) is 0 Å². The van der Waals surface area contributed by atoms with Crippen molar-refractivity contribution in [2.45, 2.75) is 34.1 Å². The van der Waals surface area contributed by atoms with E-state index < -0.39 is 0 Å². The highest BCUT2D eigenvalue weighted by Crippen LogP contribution is 2.23. The molecule has 3 heterocycles. The highest BCUT2D eigenvalue weighted by Gasteiger charge is 2.13. The van der Waals surface area contributed by atoms with Crippen LogP contribution in [-0.2, 0) is 0 Å². The minimum absolute atomic E-state index is 0.592. The molecule has 2 fully saturated rings. The third-order valence-corrected chi connectivity index (χ3v) is 7.76. The monoisotopic (exact) mass is 539 g/mol. The molecule has 3 aliphatic rings. The number of nitrogens with zero attached hydrogens (tertiary/aromatic N) is 4. The molecule has 2 saturated heterocycles. The lowest BCUT2D eigenvalue weighted by atomic mass is 10.1. The van der Waals surface area contributed by atoms with Crippen LogP contribution in [0.4, 0.5) is 11.4 Å². The molecule has 0 unspecified atom stereocenters. The van der Waals surface area contributed by atoms with Gasteiger partial charge in [-0.1, -0.05) is 48.5 Å². The fraction of sp³-hybridized carbons (Fsp3) is 0.394. The lowest BCUT2D eigenvalue weighted by Crippen LogP contribution is -2.43. The van der Waals surface area contributed by atoms with Crippen LogP contribution >= 0.6 is 0 Å². The molecule has 3 aromatic rings. The average molecular weight is 540 g/mol. The second kappa shape index (κ2) is 14.6. The van der Waals surface area contributed by atoms with Gasteiger partial charge in [-0.25, -0.2) is 0 Å². The molecule has 3 aliphatic heterocycles. The quantitative estimate of drug-likeness (QED) is 0.454. The summed E-state index contributed by atoms with van der Waals surface area (Å²) in [5.41, 5.74) is 15.9. The molecule has 0 aliphatic carbocycles. The molecule has 0 amide bonds. The minimum atomic E-state index is 0.592. The normalized spacial score (nSPS) is 16.7. The van der Waals surface area contributed by atoms with E-state index in [2.05, 4.69) is 94.7 Å². The molecule has 4 N–H and O–H groups in total. The van der Waals surface area contributed by atoms with E-state index in [-0.39, 0.29) is 0 Å². The van der Waals surface area contributed by atoms with Crippen LogP contribution in [0.5, 0.6) is 0 Å². The summed E-state index contributed by atoms with van der Waals surface area (Å²) in [5.74, 6) is 0.592. The molecule has 40 heavy (non-hydrogen) atoms. The van der Waals surface area contributed by atoms with Crippen molar-refractivity contribution < 1.29 is 0 Å². The molecule has 0 saturated carbocycles. The van der Waals surface area contributed by atoms with Crippen molar-refractivity contribution in [3.8, 4) is 0 Å². The lowest BCUT2D eigenvalue weighted by molar-refractivity contribution is 0.588. The number of aryl methyl sites for hydroxylation is 3. The van der Waals surface area contributed by atoms with E-state index in [4.69, 9.17) is 5.73 Å². The summed E-state index contributed by atoms with van der Waals surface area (Å²) in [5, 5.41) is 14.5. The molecule has 0 aromatic heterocycles. The average Bonchev–Trinajstić information content (AvgIpc) is 3.44. The predicted octanol–water partition coefficient (Wildman–Crippen LogP) is 4.58. The zero-order valence-corrected chi connectivity index (χ0v) is 24.6. The van der Waals surface area contributed by atoms with Gasteiger partial charge in [0.25, 0.3) is 0 Å². The van der Waals surface area contributed by atoms with E-state index >= 15 is 0 Å². The molecule has 6 rings (SSSR count). The molecule has 0 atom stereocenters. The van der Waals surface area contributed by atoms with Crippen LogP contribution in [0.15, 0.2) is 76.9 Å². The van der Waals surface area contributed by atoms with Gasteiger partial charge in [-0.3, -0.25) is 0 Å². The van der Waals surface area contributed by atoms with Crippen molar-refractivity contribution in [3.05, 3.63) is 94.5 Å². The summed E-state index contributed by atoms with van der Waals surface area (Å²) in [6.07, 6.45) is 0.671. The van der Waals surface area contributed by atoms with Gasteiger partial charge in [-0.15, -0.1) is 5.10 Å². The molecule has 0 radical (unpaired) electrons. The second-order valence-electron chi connectivity index (χ2n) is 10.6. The van der Waals surface area contributed by atoms with Gasteiger partial charge < -0.3 is 26.2 Å². The summed E-state index contributed by atoms with van der Waals surface area (Å²) in [6.45, 7) is 17.7. The number of nitrogens with two attached hydrogens (primary N) is 1. The van der Waals surface area contributed by atoms with Crippen molar-refractivity contribution in [1.29, 1.82) is 0 Å². The molecule has 212 valence electrons. The largest absolute Gasteiger partial charge is 0.385 e. The van der Waals surface area contributed by atoms with E-state index in [9.17, 15) is 0 Å². The van der Waals surface area contributed by atoms with Gasteiger partial charge in [0.05, 0.1) is 12.1 Å². The smallest absolute Gasteiger partial charge is 0.128 e. The maximum Gasteiger partial charge on any atom is 0.128 e. The number of amidine groups is 1. The highest BCUT2D eigenvalue weighted by atomic mass is 15.3. The Hall–Kier alpha value is -3.68. The molecule has 3 aromatic carbocycles. The van der Waals surface area contributed by atoms with Crippen LogP contribution in [0.1, 0.15) is 34.2 Å². The van der Waals surface area contributed by atoms with Crippen molar-refractivity contribution in [2.24, 2.45) is 15.9 Å². The Morgan fingerprint density at radius 1 is 0.650 bits per heavy atom. The van der Waals surface area contributed by atoms with Crippen LogP contribution in [-0.4, -0.2) is 63.9 Å². The van der Waals surface area contributed by atoms with Crippen molar-refractivity contribution in [2.75, 3.05) is 62.2 Å². The first-order valence-electron chi connectivity index (χ1n) is 14.4. The Morgan fingerprint density at radius 3 is 1.90 bits per heavy atom. The minimum Gasteiger partial charge on any atom is -0.385 e. The second-order valence-corrected chi connectivity index (χ2v) is 10.6. The predicted molar refractivity (Wildman–Crippen MR) is 171 cm³/mol. The van der Waals surface area contributed by atoms with Crippen molar-refractivity contribution in [3.63, 3.8) is 0 Å². The fourth-order valence-electron chi connectivity index (χ4n) is 4.99. The van der Waals surface area contributed by atoms with Crippen LogP contribution in [0.2, 0.25) is 0 Å². The van der Waals surface area contributed by atoms with E-state index in [0.717, 1.165) is 63.6 Å². The number of rotatable bonds is 3. The number of anilines is 2. The number of hydrogen-bond donors (Lipinski definition) is 3. The van der Waals surface area contributed by atoms with E-state index in [0.29, 0.717) is 12.3 Å². The summed E-state index contributed by atoms with van der Waals surface area (Å²) in [7, 11) is 0. The topological polar surface area (TPSA) is 81.3 Å². The molecule has 0 spiro atoms. The first-order chi connectivity index (χ1) is 19.4. The molecule has 7 heteroatoms. The van der Waals surface area contributed by atoms with E-state index in [1.54, 1.807) is 0 Å². The number of hydrogen-bond acceptors (Lipinski definition) is 7. The standard InChI is InChI=1S/2C12H18N2.C9H9N3/c1-10-3-4-12(9-11(10)2)14-7-5-13-6-8-14;1-10-4-3-5-12(11(10)2)14-8-6-13-7-9-14;10-9-6-8(11-12-9)7-4-2-1-3-5-7/h3-4,9,13H,5-8H2,1-2H3;3-5,13H,6-9H2,1-2H3;1-5H,6H2,(H2,10,12). The van der Waals surface area contributed by atoms with Gasteiger partial charge in [-0.05, 0) is 73.7 Å². The van der Waals surface area contributed by atoms with E-state index in [1.165, 1.54) is 33.6 Å². The van der Waals surface area contributed by atoms with Gasteiger partial charge in [-0.2, -0.15) is 5.10 Å². The third kappa shape index (κ3) is 8.16. The summed E-state index contributed by atoms with van der Waals surface area (Å²) in [6, 6.07) is 23.2. The lowest BCUT2D eigenvalue weighted by Gasteiger charge is -2.31. The molecule has 7 nitrogen and oxygen atoms in total. The number of nitrogens with one attached hydrogen (secondary N) is 2. The third-order valence-electron chi connectivity index (χ3n) is 7.76. The number of benzene rings is 3. The zero-order chi connectivity index (χ0) is 28.3. The summed E-state index contributed by atoms with van der Waals surface area (Å²) in [4.78, 5) is 4.92.